The molecule has 0 spiro atoms. The number of aromatic nitrogens is 4. The Morgan fingerprint density at radius 3 is 2.94 bits per heavy atom. The molecule has 1 atom stereocenters. The SMILES string of the molecule is Cc1nccc(C(N)CCc2cnn(C)c2)n1. The summed E-state index contributed by atoms with van der Waals surface area (Å²) in [7, 11) is 1.91. The smallest absolute Gasteiger partial charge is 0.125 e. The third kappa shape index (κ3) is 3.10. The topological polar surface area (TPSA) is 69.6 Å². The molecule has 0 fully saturated rings. The molecule has 5 heteroatoms. The predicted octanol–water partition coefficient (Wildman–Crippen LogP) is 1.15. The van der Waals surface area contributed by atoms with Crippen molar-refractivity contribution in [2.75, 3.05) is 0 Å². The van der Waals surface area contributed by atoms with E-state index in [0.29, 0.717) is 0 Å². The van der Waals surface area contributed by atoms with Gasteiger partial charge in [0.15, 0.2) is 0 Å². The zero-order valence-electron chi connectivity index (χ0n) is 10.2. The largest absolute Gasteiger partial charge is 0.323 e. The molecule has 0 radical (unpaired) electrons. The van der Waals surface area contributed by atoms with E-state index < -0.39 is 0 Å². The lowest BCUT2D eigenvalue weighted by Crippen LogP contribution is -2.13. The van der Waals surface area contributed by atoms with E-state index in [-0.39, 0.29) is 6.04 Å². The zero-order chi connectivity index (χ0) is 12.3. The summed E-state index contributed by atoms with van der Waals surface area (Å²) >= 11 is 0. The number of aryl methyl sites for hydroxylation is 3. The van der Waals surface area contributed by atoms with E-state index >= 15 is 0 Å². The van der Waals surface area contributed by atoms with Crippen molar-refractivity contribution < 1.29 is 0 Å². The van der Waals surface area contributed by atoms with Gasteiger partial charge in [-0.25, -0.2) is 9.97 Å². The lowest BCUT2D eigenvalue weighted by atomic mass is 10.1. The Kier molecular flexibility index (Phi) is 3.49. The Balaban J connectivity index is 1.95. The molecule has 0 amide bonds. The summed E-state index contributed by atoms with van der Waals surface area (Å²) in [6, 6.07) is 1.83. The van der Waals surface area contributed by atoms with Crippen LogP contribution in [0.3, 0.4) is 0 Å². The first-order valence-corrected chi connectivity index (χ1v) is 5.68. The molecular weight excluding hydrogens is 214 g/mol. The lowest BCUT2D eigenvalue weighted by Gasteiger charge is -2.10. The van der Waals surface area contributed by atoms with Crippen molar-refractivity contribution in [1.82, 2.24) is 19.7 Å². The van der Waals surface area contributed by atoms with Crippen LogP contribution in [0, 0.1) is 6.92 Å². The average molecular weight is 231 g/mol. The highest BCUT2D eigenvalue weighted by Gasteiger charge is 2.08. The highest BCUT2D eigenvalue weighted by atomic mass is 15.2. The molecule has 2 aromatic rings. The van der Waals surface area contributed by atoms with Gasteiger partial charge in [-0.05, 0) is 31.4 Å². The normalized spacial score (nSPS) is 12.6. The van der Waals surface area contributed by atoms with E-state index in [1.807, 2.05) is 32.4 Å². The lowest BCUT2D eigenvalue weighted by molar-refractivity contribution is 0.628. The molecule has 2 N–H and O–H groups in total. The van der Waals surface area contributed by atoms with Gasteiger partial charge in [-0.2, -0.15) is 5.10 Å². The second-order valence-electron chi connectivity index (χ2n) is 4.20. The molecule has 0 aliphatic carbocycles. The van der Waals surface area contributed by atoms with Crippen molar-refractivity contribution >= 4 is 0 Å². The van der Waals surface area contributed by atoms with Crippen LogP contribution in [0.1, 0.15) is 29.5 Å². The van der Waals surface area contributed by atoms with Gasteiger partial charge in [-0.15, -0.1) is 0 Å². The van der Waals surface area contributed by atoms with Crippen molar-refractivity contribution in [3.63, 3.8) is 0 Å². The summed E-state index contributed by atoms with van der Waals surface area (Å²) in [6.07, 6.45) is 7.41. The first kappa shape index (κ1) is 11.7. The molecule has 0 saturated heterocycles. The van der Waals surface area contributed by atoms with Crippen LogP contribution in [0.2, 0.25) is 0 Å². The zero-order valence-corrected chi connectivity index (χ0v) is 10.2. The van der Waals surface area contributed by atoms with Crippen LogP contribution in [0.5, 0.6) is 0 Å². The van der Waals surface area contributed by atoms with E-state index in [1.54, 1.807) is 10.9 Å². The standard InChI is InChI=1S/C12H17N5/c1-9-14-6-5-12(16-9)11(13)4-3-10-7-15-17(2)8-10/h5-8,11H,3-4,13H2,1-2H3. The molecule has 0 bridgehead atoms. The minimum atomic E-state index is -0.0445. The van der Waals surface area contributed by atoms with E-state index in [1.165, 1.54) is 5.56 Å². The molecule has 90 valence electrons. The second kappa shape index (κ2) is 5.05. The van der Waals surface area contributed by atoms with Gasteiger partial charge in [0.2, 0.25) is 0 Å². The molecule has 2 rings (SSSR count). The molecular formula is C12H17N5. The molecule has 1 unspecified atom stereocenters. The highest BCUT2D eigenvalue weighted by Crippen LogP contribution is 2.14. The summed E-state index contributed by atoms with van der Waals surface area (Å²) in [5.74, 6) is 0.763. The van der Waals surface area contributed by atoms with Crippen molar-refractivity contribution in [2.24, 2.45) is 12.8 Å². The Labute approximate surface area is 101 Å². The van der Waals surface area contributed by atoms with Crippen molar-refractivity contribution in [3.05, 3.63) is 41.7 Å². The van der Waals surface area contributed by atoms with Crippen LogP contribution in [0.4, 0.5) is 0 Å². The van der Waals surface area contributed by atoms with E-state index in [9.17, 15) is 0 Å². The van der Waals surface area contributed by atoms with Gasteiger partial charge in [-0.1, -0.05) is 0 Å². The minimum Gasteiger partial charge on any atom is -0.323 e. The molecule has 2 heterocycles. The second-order valence-corrected chi connectivity index (χ2v) is 4.20. The van der Waals surface area contributed by atoms with Crippen LogP contribution in [-0.4, -0.2) is 19.7 Å². The van der Waals surface area contributed by atoms with Gasteiger partial charge >= 0.3 is 0 Å². The van der Waals surface area contributed by atoms with Gasteiger partial charge < -0.3 is 5.73 Å². The van der Waals surface area contributed by atoms with Crippen LogP contribution in [0.25, 0.3) is 0 Å². The summed E-state index contributed by atoms with van der Waals surface area (Å²) in [5, 5.41) is 4.13. The number of hydrogen-bond acceptors (Lipinski definition) is 4. The van der Waals surface area contributed by atoms with Crippen LogP contribution < -0.4 is 5.73 Å². The average Bonchev–Trinajstić information content (AvgIpc) is 2.72. The number of nitrogens with zero attached hydrogens (tertiary/aromatic N) is 4. The monoisotopic (exact) mass is 231 g/mol. The molecule has 0 aliphatic heterocycles. The van der Waals surface area contributed by atoms with Gasteiger partial charge in [-0.3, -0.25) is 4.68 Å². The van der Waals surface area contributed by atoms with Gasteiger partial charge in [0.25, 0.3) is 0 Å². The molecule has 0 aliphatic rings. The maximum atomic E-state index is 6.10. The Morgan fingerprint density at radius 2 is 2.29 bits per heavy atom. The summed E-state index contributed by atoms with van der Waals surface area (Å²) in [5.41, 5.74) is 8.21. The third-order valence-corrected chi connectivity index (χ3v) is 2.68. The van der Waals surface area contributed by atoms with E-state index in [0.717, 1.165) is 24.4 Å². The van der Waals surface area contributed by atoms with Crippen LogP contribution in [-0.2, 0) is 13.5 Å². The first-order chi connectivity index (χ1) is 8.15. The highest BCUT2D eigenvalue weighted by molar-refractivity contribution is 5.09. The van der Waals surface area contributed by atoms with E-state index in [2.05, 4.69) is 15.1 Å². The summed E-state index contributed by atoms with van der Waals surface area (Å²) in [6.45, 7) is 1.87. The maximum absolute atomic E-state index is 6.10. The van der Waals surface area contributed by atoms with Crippen molar-refractivity contribution in [3.8, 4) is 0 Å². The molecule has 0 aromatic carbocycles. The number of rotatable bonds is 4. The van der Waals surface area contributed by atoms with Crippen LogP contribution >= 0.6 is 0 Å². The first-order valence-electron chi connectivity index (χ1n) is 5.68. The number of hydrogen-bond donors (Lipinski definition) is 1. The van der Waals surface area contributed by atoms with Crippen molar-refractivity contribution in [1.29, 1.82) is 0 Å². The fraction of sp³-hybridized carbons (Fsp3) is 0.417. The third-order valence-electron chi connectivity index (χ3n) is 2.68. The quantitative estimate of drug-likeness (QED) is 0.857. The fourth-order valence-electron chi connectivity index (χ4n) is 1.75. The predicted molar refractivity (Wildman–Crippen MR) is 65.2 cm³/mol. The fourth-order valence-corrected chi connectivity index (χ4v) is 1.75. The van der Waals surface area contributed by atoms with Crippen molar-refractivity contribution in [2.45, 2.75) is 25.8 Å². The Morgan fingerprint density at radius 1 is 1.47 bits per heavy atom. The molecule has 0 saturated carbocycles. The van der Waals surface area contributed by atoms with E-state index in [4.69, 9.17) is 5.73 Å². The molecule has 2 aromatic heterocycles. The number of nitrogens with two attached hydrogens (primary N) is 1. The Hall–Kier alpha value is -1.75. The van der Waals surface area contributed by atoms with Gasteiger partial charge in [0.1, 0.15) is 5.82 Å². The van der Waals surface area contributed by atoms with Crippen LogP contribution in [0.15, 0.2) is 24.7 Å². The van der Waals surface area contributed by atoms with Gasteiger partial charge in [0.05, 0.1) is 11.9 Å². The molecule has 17 heavy (non-hydrogen) atoms. The Bertz CT molecular complexity index is 491. The summed E-state index contributed by atoms with van der Waals surface area (Å²) < 4.78 is 1.80. The minimum absolute atomic E-state index is 0.0445. The maximum Gasteiger partial charge on any atom is 0.125 e. The summed E-state index contributed by atoms with van der Waals surface area (Å²) in [4.78, 5) is 8.40. The van der Waals surface area contributed by atoms with Gasteiger partial charge in [0, 0.05) is 25.5 Å². The molecule has 5 nitrogen and oxygen atoms in total.